The van der Waals surface area contributed by atoms with Gasteiger partial charge in [0.2, 0.25) is 5.95 Å². The Hall–Kier alpha value is -1.23. The van der Waals surface area contributed by atoms with Crippen LogP contribution in [0.5, 0.6) is 0 Å². The van der Waals surface area contributed by atoms with Crippen molar-refractivity contribution >= 4 is 23.2 Å². The third kappa shape index (κ3) is 4.96. The standard InChI is InChI=1S/C13H22N4S/c1-3-5-6-10(4-2)9-16-13-15-8-7-11(17-13)12(14)18/h7-8,10H,3-6,9H2,1-2H3,(H2,14,18)(H,15,16,17). The van der Waals surface area contributed by atoms with Gasteiger partial charge in [-0.15, -0.1) is 0 Å². The average molecular weight is 266 g/mol. The van der Waals surface area contributed by atoms with Crippen molar-refractivity contribution in [1.29, 1.82) is 0 Å². The van der Waals surface area contributed by atoms with Crippen molar-refractivity contribution in [3.05, 3.63) is 18.0 Å². The molecule has 1 unspecified atom stereocenters. The van der Waals surface area contributed by atoms with Crippen LogP contribution in [0.15, 0.2) is 12.3 Å². The van der Waals surface area contributed by atoms with E-state index in [1.807, 2.05) is 0 Å². The van der Waals surface area contributed by atoms with Gasteiger partial charge < -0.3 is 11.1 Å². The number of unbranched alkanes of at least 4 members (excludes halogenated alkanes) is 1. The summed E-state index contributed by atoms with van der Waals surface area (Å²) in [6.45, 7) is 5.33. The fraction of sp³-hybridized carbons (Fsp3) is 0.615. The van der Waals surface area contributed by atoms with Crippen molar-refractivity contribution in [2.75, 3.05) is 11.9 Å². The predicted octanol–water partition coefficient (Wildman–Crippen LogP) is 2.74. The first-order valence-corrected chi connectivity index (χ1v) is 6.94. The van der Waals surface area contributed by atoms with Crippen molar-refractivity contribution in [3.63, 3.8) is 0 Å². The van der Waals surface area contributed by atoms with Crippen LogP contribution in [0, 0.1) is 5.92 Å². The monoisotopic (exact) mass is 266 g/mol. The zero-order chi connectivity index (χ0) is 13.4. The molecular weight excluding hydrogens is 244 g/mol. The summed E-state index contributed by atoms with van der Waals surface area (Å²) in [5.74, 6) is 1.28. The van der Waals surface area contributed by atoms with E-state index in [4.69, 9.17) is 18.0 Å². The Balaban J connectivity index is 2.51. The third-order valence-electron chi connectivity index (χ3n) is 3.00. The minimum absolute atomic E-state index is 0.304. The fourth-order valence-corrected chi connectivity index (χ4v) is 1.87. The van der Waals surface area contributed by atoms with Crippen molar-refractivity contribution in [2.45, 2.75) is 39.5 Å². The van der Waals surface area contributed by atoms with Crippen LogP contribution in [0.2, 0.25) is 0 Å². The second-order valence-electron chi connectivity index (χ2n) is 4.43. The van der Waals surface area contributed by atoms with Gasteiger partial charge >= 0.3 is 0 Å². The Morgan fingerprint density at radius 3 is 2.89 bits per heavy atom. The number of aromatic nitrogens is 2. The molecule has 1 atom stereocenters. The molecule has 1 rings (SSSR count). The van der Waals surface area contributed by atoms with Crippen LogP contribution in [0.25, 0.3) is 0 Å². The second kappa shape index (κ2) is 7.97. The fourth-order valence-electron chi connectivity index (χ4n) is 1.76. The highest BCUT2D eigenvalue weighted by Crippen LogP contribution is 2.13. The first kappa shape index (κ1) is 14.8. The van der Waals surface area contributed by atoms with Gasteiger partial charge in [-0.2, -0.15) is 0 Å². The van der Waals surface area contributed by atoms with Gasteiger partial charge in [0.15, 0.2) is 0 Å². The lowest BCUT2D eigenvalue weighted by atomic mass is 9.99. The normalized spacial score (nSPS) is 12.1. The molecule has 3 N–H and O–H groups in total. The lowest BCUT2D eigenvalue weighted by molar-refractivity contribution is 0.472. The van der Waals surface area contributed by atoms with Gasteiger partial charge in [0.05, 0.1) is 0 Å². The number of nitrogens with one attached hydrogen (secondary N) is 1. The second-order valence-corrected chi connectivity index (χ2v) is 4.87. The van der Waals surface area contributed by atoms with E-state index in [1.54, 1.807) is 12.3 Å². The number of nitrogens with zero attached hydrogens (tertiary/aromatic N) is 2. The van der Waals surface area contributed by atoms with Crippen LogP contribution in [0.4, 0.5) is 5.95 Å². The molecule has 0 radical (unpaired) electrons. The molecule has 100 valence electrons. The molecule has 0 bridgehead atoms. The zero-order valence-corrected chi connectivity index (χ0v) is 12.0. The smallest absolute Gasteiger partial charge is 0.223 e. The largest absolute Gasteiger partial charge is 0.388 e. The predicted molar refractivity (Wildman–Crippen MR) is 79.7 cm³/mol. The molecule has 0 aliphatic heterocycles. The van der Waals surface area contributed by atoms with Crippen molar-refractivity contribution in [2.24, 2.45) is 11.7 Å². The van der Waals surface area contributed by atoms with E-state index in [9.17, 15) is 0 Å². The summed E-state index contributed by atoms with van der Waals surface area (Å²) in [5.41, 5.74) is 6.16. The third-order valence-corrected chi connectivity index (χ3v) is 3.21. The maximum absolute atomic E-state index is 5.54. The van der Waals surface area contributed by atoms with Crippen LogP contribution >= 0.6 is 12.2 Å². The number of rotatable bonds is 8. The summed E-state index contributed by atoms with van der Waals surface area (Å²) in [5, 5.41) is 3.26. The maximum Gasteiger partial charge on any atom is 0.223 e. The molecule has 0 fully saturated rings. The van der Waals surface area contributed by atoms with Gasteiger partial charge in [-0.3, -0.25) is 0 Å². The van der Waals surface area contributed by atoms with Crippen LogP contribution in [0.1, 0.15) is 45.2 Å². The lowest BCUT2D eigenvalue weighted by Crippen LogP contribution is -2.17. The summed E-state index contributed by atoms with van der Waals surface area (Å²) in [7, 11) is 0. The first-order chi connectivity index (χ1) is 8.67. The zero-order valence-electron chi connectivity index (χ0n) is 11.1. The summed E-state index contributed by atoms with van der Waals surface area (Å²) in [6.07, 6.45) is 6.60. The Morgan fingerprint density at radius 2 is 2.28 bits per heavy atom. The van der Waals surface area contributed by atoms with Gasteiger partial charge in [-0.1, -0.05) is 45.3 Å². The molecule has 5 heteroatoms. The van der Waals surface area contributed by atoms with E-state index >= 15 is 0 Å². The minimum atomic E-state index is 0.304. The Kier molecular flexibility index (Phi) is 6.57. The SMILES string of the molecule is CCCCC(CC)CNc1nccc(C(N)=S)n1. The Morgan fingerprint density at radius 1 is 1.50 bits per heavy atom. The Labute approximate surface area is 114 Å². The summed E-state index contributed by atoms with van der Waals surface area (Å²) < 4.78 is 0. The van der Waals surface area contributed by atoms with Gasteiger partial charge in [0.1, 0.15) is 10.7 Å². The number of hydrogen-bond acceptors (Lipinski definition) is 4. The van der Waals surface area contributed by atoms with E-state index in [2.05, 4.69) is 29.1 Å². The number of anilines is 1. The van der Waals surface area contributed by atoms with Gasteiger partial charge in [-0.05, 0) is 18.4 Å². The molecule has 1 heterocycles. The van der Waals surface area contributed by atoms with Gasteiger partial charge in [0, 0.05) is 12.7 Å². The van der Waals surface area contributed by atoms with E-state index in [0.717, 1.165) is 6.54 Å². The molecular formula is C13H22N4S. The highest BCUT2D eigenvalue weighted by molar-refractivity contribution is 7.80. The van der Waals surface area contributed by atoms with Gasteiger partial charge in [0.25, 0.3) is 0 Å². The summed E-state index contributed by atoms with van der Waals surface area (Å²) >= 11 is 4.90. The Bertz CT molecular complexity index is 381. The van der Waals surface area contributed by atoms with Gasteiger partial charge in [-0.25, -0.2) is 9.97 Å². The molecule has 1 aromatic heterocycles. The molecule has 0 saturated carbocycles. The molecule has 4 nitrogen and oxygen atoms in total. The van der Waals surface area contributed by atoms with E-state index < -0.39 is 0 Å². The molecule has 0 amide bonds. The highest BCUT2D eigenvalue weighted by Gasteiger charge is 2.07. The van der Waals surface area contributed by atoms with Crippen LogP contribution in [-0.2, 0) is 0 Å². The maximum atomic E-state index is 5.54. The number of hydrogen-bond donors (Lipinski definition) is 2. The van der Waals surface area contributed by atoms with E-state index in [0.29, 0.717) is 22.5 Å². The molecule has 18 heavy (non-hydrogen) atoms. The average Bonchev–Trinajstić information content (AvgIpc) is 2.39. The minimum Gasteiger partial charge on any atom is -0.388 e. The quantitative estimate of drug-likeness (QED) is 0.708. The first-order valence-electron chi connectivity index (χ1n) is 6.54. The van der Waals surface area contributed by atoms with Crippen molar-refractivity contribution < 1.29 is 0 Å². The van der Waals surface area contributed by atoms with Crippen LogP contribution < -0.4 is 11.1 Å². The molecule has 0 aromatic carbocycles. The topological polar surface area (TPSA) is 63.8 Å². The van der Waals surface area contributed by atoms with Crippen LogP contribution in [0.3, 0.4) is 0 Å². The van der Waals surface area contributed by atoms with E-state index in [-0.39, 0.29) is 0 Å². The number of thiocarbonyl (C=S) groups is 1. The molecule has 0 spiro atoms. The van der Waals surface area contributed by atoms with Crippen LogP contribution in [-0.4, -0.2) is 21.5 Å². The molecule has 0 aliphatic carbocycles. The lowest BCUT2D eigenvalue weighted by Gasteiger charge is -2.15. The number of nitrogens with two attached hydrogens (primary N) is 1. The summed E-state index contributed by atoms with van der Waals surface area (Å²) in [6, 6.07) is 1.72. The molecule has 0 aliphatic rings. The summed E-state index contributed by atoms with van der Waals surface area (Å²) in [4.78, 5) is 8.75. The van der Waals surface area contributed by atoms with E-state index in [1.165, 1.54) is 25.7 Å². The molecule has 0 saturated heterocycles. The molecule has 1 aromatic rings. The van der Waals surface area contributed by atoms with Crippen molar-refractivity contribution in [3.8, 4) is 0 Å². The highest BCUT2D eigenvalue weighted by atomic mass is 32.1. The van der Waals surface area contributed by atoms with Crippen molar-refractivity contribution in [1.82, 2.24) is 9.97 Å².